The SMILES string of the molecule is C[C@@]12C[C@@H](F)CN(C1)c1nc(OC[C@@]34CCCN3C[C@H](F)C4)nc3c(F)c(ncc13)-c1cc(OS(=O)(=O)N3CC(C(F)(F)F)C3)cc3ccc(F)c(c13)CCCOC(=O)N2. The molecule has 4 atom stereocenters. The summed E-state index contributed by atoms with van der Waals surface area (Å²) in [5.74, 6) is -4.08. The molecule has 0 spiro atoms. The Hall–Kier alpha value is -4.76. The summed E-state index contributed by atoms with van der Waals surface area (Å²) in [6, 6.07) is 4.43. The van der Waals surface area contributed by atoms with Gasteiger partial charge >= 0.3 is 28.6 Å². The van der Waals surface area contributed by atoms with Crippen LogP contribution in [-0.2, 0) is 21.5 Å². The predicted molar refractivity (Wildman–Crippen MR) is 202 cm³/mol. The average Bonchev–Trinajstić information content (AvgIpc) is 3.66. The second-order valence-electron chi connectivity index (χ2n) is 16.7. The number of benzene rings is 2. The van der Waals surface area contributed by atoms with Crippen molar-refractivity contribution in [3.63, 3.8) is 0 Å². The molecule has 0 aliphatic carbocycles. The van der Waals surface area contributed by atoms with Crippen molar-refractivity contribution in [3.8, 4) is 23.0 Å². The summed E-state index contributed by atoms with van der Waals surface area (Å²) in [6.07, 6.45) is -5.20. The van der Waals surface area contributed by atoms with Crippen LogP contribution in [0, 0.1) is 17.6 Å². The molecule has 21 heteroatoms. The van der Waals surface area contributed by atoms with Crippen molar-refractivity contribution >= 4 is 43.9 Å². The van der Waals surface area contributed by atoms with Crippen molar-refractivity contribution in [1.29, 1.82) is 0 Å². The van der Waals surface area contributed by atoms with E-state index >= 15 is 13.2 Å². The number of carbonyl (C=O) groups is 1. The zero-order valence-corrected chi connectivity index (χ0v) is 33.0. The maximum atomic E-state index is 17.5. The third kappa shape index (κ3) is 7.39. The number of piperidine rings is 1. The molecule has 2 aromatic carbocycles. The minimum absolute atomic E-state index is 0.00937. The fraction of sp³-hybridized carbons (Fsp3) is 0.538. The number of anilines is 1. The van der Waals surface area contributed by atoms with Gasteiger partial charge in [0.25, 0.3) is 0 Å². The summed E-state index contributed by atoms with van der Waals surface area (Å²) >= 11 is 0. The Morgan fingerprint density at radius 3 is 2.60 bits per heavy atom. The molecular weight excluding hydrogens is 828 g/mol. The van der Waals surface area contributed by atoms with E-state index in [9.17, 15) is 30.8 Å². The van der Waals surface area contributed by atoms with Crippen LogP contribution in [0.3, 0.4) is 0 Å². The molecule has 1 N–H and O–H groups in total. The Labute approximate surface area is 339 Å². The number of alkyl halides is 5. The van der Waals surface area contributed by atoms with Crippen LogP contribution in [0.1, 0.15) is 44.6 Å². The largest absolute Gasteiger partial charge is 0.461 e. The maximum Gasteiger partial charge on any atom is 0.407 e. The average molecular weight is 868 g/mol. The highest BCUT2D eigenvalue weighted by Gasteiger charge is 2.52. The highest BCUT2D eigenvalue weighted by Crippen LogP contribution is 2.43. The summed E-state index contributed by atoms with van der Waals surface area (Å²) < 4.78 is 147. The number of fused-ring (bicyclic) bond motifs is 7. The molecule has 60 heavy (non-hydrogen) atoms. The molecule has 0 saturated carbocycles. The first-order valence-corrected chi connectivity index (χ1v) is 21.0. The van der Waals surface area contributed by atoms with Gasteiger partial charge in [-0.15, -0.1) is 0 Å². The number of ether oxygens (including phenoxy) is 2. The highest BCUT2D eigenvalue weighted by molar-refractivity contribution is 7.84. The molecule has 4 aromatic rings. The number of pyridine rings is 1. The monoisotopic (exact) mass is 867 g/mol. The van der Waals surface area contributed by atoms with Gasteiger partial charge < -0.3 is 23.9 Å². The number of nitrogens with one attached hydrogen (secondary N) is 1. The van der Waals surface area contributed by atoms with Crippen molar-refractivity contribution < 1.29 is 57.6 Å². The Morgan fingerprint density at radius 2 is 1.82 bits per heavy atom. The third-order valence-electron chi connectivity index (χ3n) is 12.2. The molecule has 4 saturated heterocycles. The molecule has 8 heterocycles. The zero-order chi connectivity index (χ0) is 42.4. The van der Waals surface area contributed by atoms with Gasteiger partial charge in [-0.2, -0.15) is 35.9 Å². The lowest BCUT2D eigenvalue weighted by Gasteiger charge is -2.42. The van der Waals surface area contributed by atoms with Crippen molar-refractivity contribution in [2.45, 2.75) is 75.0 Å². The number of halogens is 7. The lowest BCUT2D eigenvalue weighted by Crippen LogP contribution is -2.60. The fourth-order valence-corrected chi connectivity index (χ4v) is 10.6. The van der Waals surface area contributed by atoms with Gasteiger partial charge in [0.15, 0.2) is 5.82 Å². The van der Waals surface area contributed by atoms with Crippen molar-refractivity contribution in [2.75, 3.05) is 57.4 Å². The number of aromatic nitrogens is 3. The molecule has 13 nitrogen and oxygen atoms in total. The molecule has 4 fully saturated rings. The first kappa shape index (κ1) is 40.6. The molecule has 6 aliphatic heterocycles. The smallest absolute Gasteiger partial charge is 0.407 e. The third-order valence-corrected chi connectivity index (χ3v) is 13.6. The normalized spacial score (nSPS) is 26.9. The van der Waals surface area contributed by atoms with Crippen molar-refractivity contribution in [2.24, 2.45) is 5.92 Å². The van der Waals surface area contributed by atoms with E-state index in [4.69, 9.17) is 13.7 Å². The van der Waals surface area contributed by atoms with Crippen LogP contribution in [0.25, 0.3) is 32.9 Å². The Kier molecular flexibility index (Phi) is 9.96. The molecule has 6 aliphatic rings. The van der Waals surface area contributed by atoms with E-state index in [0.29, 0.717) is 17.3 Å². The number of carbonyl (C=O) groups excluding carboxylic acids is 1. The second kappa shape index (κ2) is 14.7. The van der Waals surface area contributed by atoms with Crippen LogP contribution < -0.4 is 19.1 Å². The first-order chi connectivity index (χ1) is 28.4. The number of nitrogens with zero attached hydrogens (tertiary/aromatic N) is 6. The predicted octanol–water partition coefficient (Wildman–Crippen LogP) is 6.18. The Bertz CT molecular complexity index is 2500. The number of hydrogen-bond donors (Lipinski definition) is 1. The van der Waals surface area contributed by atoms with Gasteiger partial charge in [0.1, 0.15) is 47.5 Å². The standard InChI is InChI=1S/C39H40F7N7O6S/c1-37-12-23(40)17-51(19-37)34-28-14-47-32(31(43)33(28)48-35(49-34)58-20-38-7-3-8-52(38)18-24(41)13-38)27-11-25(59-60(55,56)53-15-22(16-53)39(44,45)46)10-21-5-6-29(42)26(30(21)27)4-2-9-57-36(54)50-37/h5-6,10-11,14,22-24H,2-4,7-9,12-13,15-20H2,1H3,(H,50,54)/t23-,24-,37-,38+/m1/s1. The lowest BCUT2D eigenvalue weighted by molar-refractivity contribution is -0.198. The van der Waals surface area contributed by atoms with Gasteiger partial charge in [-0.05, 0) is 73.7 Å². The molecule has 1 amide bonds. The van der Waals surface area contributed by atoms with Gasteiger partial charge in [-0.1, -0.05) is 6.07 Å². The maximum absolute atomic E-state index is 17.5. The van der Waals surface area contributed by atoms with Crippen LogP contribution in [0.4, 0.5) is 41.3 Å². The number of aryl methyl sites for hydroxylation is 1. The number of hydrogen-bond acceptors (Lipinski definition) is 11. The van der Waals surface area contributed by atoms with Crippen LogP contribution in [0.5, 0.6) is 11.8 Å². The molecule has 0 radical (unpaired) electrons. The van der Waals surface area contributed by atoms with E-state index in [1.54, 1.807) is 6.92 Å². The topological polar surface area (TPSA) is 139 Å². The summed E-state index contributed by atoms with van der Waals surface area (Å²) in [6.45, 7) is 0.365. The molecule has 0 unspecified atom stereocenters. The molecular formula is C39H40F7N7O6S. The van der Waals surface area contributed by atoms with Crippen LogP contribution in [-0.4, -0.2) is 121 Å². The summed E-state index contributed by atoms with van der Waals surface area (Å²) in [5.41, 5.74) is -2.74. The minimum Gasteiger partial charge on any atom is -0.461 e. The van der Waals surface area contributed by atoms with Crippen LogP contribution in [0.2, 0.25) is 0 Å². The van der Waals surface area contributed by atoms with E-state index in [0.717, 1.165) is 18.6 Å². The minimum atomic E-state index is -4.79. The second-order valence-corrected chi connectivity index (χ2v) is 18.2. The van der Waals surface area contributed by atoms with Gasteiger partial charge in [-0.25, -0.2) is 22.4 Å². The summed E-state index contributed by atoms with van der Waals surface area (Å²) in [5, 5.41) is 3.02. The molecule has 6 bridgehead atoms. The van der Waals surface area contributed by atoms with Gasteiger partial charge in [0, 0.05) is 50.8 Å². The van der Waals surface area contributed by atoms with Crippen molar-refractivity contribution in [3.05, 3.63) is 47.7 Å². The Balaban J connectivity index is 1.20. The summed E-state index contributed by atoms with van der Waals surface area (Å²) in [4.78, 5) is 30.1. The van der Waals surface area contributed by atoms with E-state index < -0.39 is 88.1 Å². The Morgan fingerprint density at radius 1 is 1.03 bits per heavy atom. The van der Waals surface area contributed by atoms with Crippen LogP contribution >= 0.6 is 0 Å². The van der Waals surface area contributed by atoms with Crippen LogP contribution in [0.15, 0.2) is 30.5 Å². The summed E-state index contributed by atoms with van der Waals surface area (Å²) in [7, 11) is -4.79. The number of rotatable bonds is 6. The van der Waals surface area contributed by atoms with Gasteiger partial charge in [0.05, 0.1) is 35.5 Å². The van der Waals surface area contributed by atoms with E-state index in [-0.39, 0.29) is 103 Å². The quantitative estimate of drug-likeness (QED) is 0.223. The van der Waals surface area contributed by atoms with Gasteiger partial charge in [-0.3, -0.25) is 9.88 Å². The fourth-order valence-electron chi connectivity index (χ4n) is 9.42. The van der Waals surface area contributed by atoms with Crippen molar-refractivity contribution in [1.82, 2.24) is 29.5 Å². The zero-order valence-electron chi connectivity index (χ0n) is 32.2. The number of alkyl carbamates (subject to hydrolysis) is 1. The first-order valence-electron chi connectivity index (χ1n) is 19.6. The van der Waals surface area contributed by atoms with E-state index in [1.807, 2.05) is 4.90 Å². The molecule has 10 rings (SSSR count). The number of amides is 1. The molecule has 322 valence electrons. The van der Waals surface area contributed by atoms with E-state index in [2.05, 4.69) is 20.3 Å². The van der Waals surface area contributed by atoms with E-state index in [1.165, 1.54) is 23.2 Å². The van der Waals surface area contributed by atoms with Gasteiger partial charge in [0.2, 0.25) is 0 Å². The lowest BCUT2D eigenvalue weighted by atomic mass is 9.90. The highest BCUT2D eigenvalue weighted by atomic mass is 32.2. The molecule has 2 aromatic heterocycles.